The van der Waals surface area contributed by atoms with Gasteiger partial charge in [0, 0.05) is 11.8 Å². The molecule has 110 valence electrons. The van der Waals surface area contributed by atoms with Gasteiger partial charge in [-0.3, -0.25) is 0 Å². The fourth-order valence-electron chi connectivity index (χ4n) is 3.60. The first-order chi connectivity index (χ1) is 8.75. The molecule has 1 aliphatic carbocycles. The minimum atomic E-state index is -0.743. The van der Waals surface area contributed by atoms with E-state index in [4.69, 9.17) is 9.47 Å². The van der Waals surface area contributed by atoms with Gasteiger partial charge in [-0.05, 0) is 31.9 Å². The maximum absolute atomic E-state index is 11.1. The number of hydrogen-bond donors (Lipinski definition) is 1. The van der Waals surface area contributed by atoms with E-state index in [2.05, 4.69) is 20.8 Å². The van der Waals surface area contributed by atoms with Gasteiger partial charge in [-0.25, -0.2) is 0 Å². The molecule has 0 bridgehead atoms. The highest BCUT2D eigenvalue weighted by Crippen LogP contribution is 2.52. The fourth-order valence-corrected chi connectivity index (χ4v) is 3.60. The fraction of sp³-hybridized carbons (Fsp3) is 0.875. The Labute approximate surface area is 117 Å². The molecule has 3 atom stereocenters. The van der Waals surface area contributed by atoms with E-state index in [-0.39, 0.29) is 11.5 Å². The highest BCUT2D eigenvalue weighted by Gasteiger charge is 2.55. The van der Waals surface area contributed by atoms with Crippen LogP contribution in [0.2, 0.25) is 0 Å². The van der Waals surface area contributed by atoms with Gasteiger partial charge in [-0.2, -0.15) is 0 Å². The van der Waals surface area contributed by atoms with Crippen LogP contribution in [-0.4, -0.2) is 29.2 Å². The van der Waals surface area contributed by atoms with E-state index in [1.54, 1.807) is 0 Å². The summed E-state index contributed by atoms with van der Waals surface area (Å²) >= 11 is 0. The van der Waals surface area contributed by atoms with E-state index < -0.39 is 11.4 Å². The lowest BCUT2D eigenvalue weighted by atomic mass is 9.61. The lowest BCUT2D eigenvalue weighted by Gasteiger charge is -2.51. The number of ether oxygens (including phenoxy) is 2. The van der Waals surface area contributed by atoms with Crippen molar-refractivity contribution in [1.29, 1.82) is 0 Å². The second-order valence-electron chi connectivity index (χ2n) is 6.90. The van der Waals surface area contributed by atoms with Crippen molar-refractivity contribution in [2.24, 2.45) is 5.41 Å². The van der Waals surface area contributed by atoms with E-state index in [9.17, 15) is 5.11 Å². The summed E-state index contributed by atoms with van der Waals surface area (Å²) in [5.74, 6) is -0.620. The molecular formula is C16H28O3. The number of unbranched alkanes of at least 4 members (excludes halogenated alkanes) is 1. The van der Waals surface area contributed by atoms with Crippen LogP contribution in [-0.2, 0) is 9.47 Å². The van der Waals surface area contributed by atoms with E-state index in [0.717, 1.165) is 24.8 Å². The molecule has 0 aromatic heterocycles. The van der Waals surface area contributed by atoms with Crippen LogP contribution in [0.25, 0.3) is 0 Å². The van der Waals surface area contributed by atoms with Crippen molar-refractivity contribution in [3.05, 3.63) is 11.6 Å². The molecule has 1 saturated heterocycles. The van der Waals surface area contributed by atoms with Crippen molar-refractivity contribution >= 4 is 0 Å². The molecule has 3 nitrogen and oxygen atoms in total. The minimum absolute atomic E-state index is 0.127. The molecule has 1 N–H and O–H groups in total. The molecule has 0 aromatic rings. The first kappa shape index (κ1) is 15.0. The van der Waals surface area contributed by atoms with Gasteiger partial charge in [0.2, 0.25) is 0 Å². The Morgan fingerprint density at radius 1 is 1.42 bits per heavy atom. The van der Waals surface area contributed by atoms with Gasteiger partial charge in [0.25, 0.3) is 0 Å². The lowest BCUT2D eigenvalue weighted by Crippen LogP contribution is -2.54. The third-order valence-electron chi connectivity index (χ3n) is 4.75. The van der Waals surface area contributed by atoms with Crippen LogP contribution in [0.4, 0.5) is 0 Å². The van der Waals surface area contributed by atoms with Crippen LogP contribution >= 0.6 is 0 Å². The van der Waals surface area contributed by atoms with Gasteiger partial charge in [-0.1, -0.05) is 33.6 Å². The topological polar surface area (TPSA) is 38.7 Å². The minimum Gasteiger partial charge on any atom is -0.385 e. The van der Waals surface area contributed by atoms with Crippen molar-refractivity contribution < 1.29 is 14.6 Å². The predicted octanol–water partition coefficient (Wildman–Crippen LogP) is 3.42. The summed E-state index contributed by atoms with van der Waals surface area (Å²) in [7, 11) is 0. The second kappa shape index (κ2) is 4.87. The van der Waals surface area contributed by atoms with E-state index in [0.29, 0.717) is 13.0 Å². The van der Waals surface area contributed by atoms with Crippen molar-refractivity contribution in [2.45, 2.75) is 77.8 Å². The van der Waals surface area contributed by atoms with Crippen molar-refractivity contribution in [1.82, 2.24) is 0 Å². The van der Waals surface area contributed by atoms with Gasteiger partial charge in [0.1, 0.15) is 0 Å². The van der Waals surface area contributed by atoms with Gasteiger partial charge >= 0.3 is 0 Å². The summed E-state index contributed by atoms with van der Waals surface area (Å²) in [5.41, 5.74) is 0.00372. The lowest BCUT2D eigenvalue weighted by molar-refractivity contribution is -0.188. The molecule has 0 aromatic carbocycles. The summed E-state index contributed by atoms with van der Waals surface area (Å²) < 4.78 is 11.9. The Morgan fingerprint density at radius 3 is 2.58 bits per heavy atom. The smallest absolute Gasteiger partial charge is 0.189 e. The number of rotatable bonds is 3. The zero-order chi connectivity index (χ0) is 14.3. The van der Waals surface area contributed by atoms with E-state index >= 15 is 0 Å². The van der Waals surface area contributed by atoms with Gasteiger partial charge in [-0.15, -0.1) is 0 Å². The summed E-state index contributed by atoms with van der Waals surface area (Å²) in [5, 5.41) is 11.1. The van der Waals surface area contributed by atoms with Gasteiger partial charge in [0.15, 0.2) is 5.79 Å². The summed E-state index contributed by atoms with van der Waals surface area (Å²) in [6, 6.07) is 0. The molecule has 0 saturated carbocycles. The van der Waals surface area contributed by atoms with Crippen molar-refractivity contribution in [3.8, 4) is 0 Å². The number of aliphatic hydroxyl groups is 1. The summed E-state index contributed by atoms with van der Waals surface area (Å²) in [6.07, 6.45) is 5.79. The quantitative estimate of drug-likeness (QED) is 0.797. The predicted molar refractivity (Wildman–Crippen MR) is 75.9 cm³/mol. The average molecular weight is 268 g/mol. The van der Waals surface area contributed by atoms with E-state index in [1.807, 2.05) is 19.9 Å². The van der Waals surface area contributed by atoms with Gasteiger partial charge in [0.05, 0.1) is 18.3 Å². The largest absolute Gasteiger partial charge is 0.385 e. The van der Waals surface area contributed by atoms with Crippen molar-refractivity contribution in [2.75, 3.05) is 6.61 Å². The Kier molecular flexibility index (Phi) is 3.85. The molecule has 1 fully saturated rings. The highest BCUT2D eigenvalue weighted by molar-refractivity contribution is 5.27. The third-order valence-corrected chi connectivity index (χ3v) is 4.75. The molecule has 0 amide bonds. The molecule has 1 heterocycles. The average Bonchev–Trinajstić information content (AvgIpc) is 2.64. The van der Waals surface area contributed by atoms with Crippen LogP contribution < -0.4 is 0 Å². The standard InChI is InChI=1S/C16H28O3/c1-6-7-8-16(17)12(2)9-15(11-14(16,4)5)18-10-13(3)19-15/h9,13,17H,6-8,10-11H2,1-5H3. The third kappa shape index (κ3) is 2.48. The first-order valence-electron chi connectivity index (χ1n) is 7.49. The maximum atomic E-state index is 11.1. The Bertz CT molecular complexity index is 374. The molecular weight excluding hydrogens is 240 g/mol. The first-order valence-corrected chi connectivity index (χ1v) is 7.49. The second-order valence-corrected chi connectivity index (χ2v) is 6.90. The monoisotopic (exact) mass is 268 g/mol. The van der Waals surface area contributed by atoms with Crippen molar-refractivity contribution in [3.63, 3.8) is 0 Å². The molecule has 2 aliphatic rings. The Morgan fingerprint density at radius 2 is 2.11 bits per heavy atom. The van der Waals surface area contributed by atoms with E-state index in [1.165, 1.54) is 0 Å². The molecule has 3 heteroatoms. The van der Waals surface area contributed by atoms with Crippen LogP contribution in [0.3, 0.4) is 0 Å². The van der Waals surface area contributed by atoms with Crippen LogP contribution in [0.1, 0.15) is 60.3 Å². The normalized spacial score (nSPS) is 41.6. The zero-order valence-corrected chi connectivity index (χ0v) is 13.0. The number of hydrogen-bond acceptors (Lipinski definition) is 3. The zero-order valence-electron chi connectivity index (χ0n) is 13.0. The van der Waals surface area contributed by atoms with Crippen LogP contribution in [0.15, 0.2) is 11.6 Å². The molecule has 3 unspecified atom stereocenters. The van der Waals surface area contributed by atoms with Gasteiger partial charge < -0.3 is 14.6 Å². The molecule has 1 spiro atoms. The molecule has 0 radical (unpaired) electrons. The Hall–Kier alpha value is -0.380. The molecule has 1 aliphatic heterocycles. The Balaban J connectivity index is 2.31. The molecule has 2 rings (SSSR count). The SMILES string of the molecule is CCCCC1(O)C(C)=CC2(CC1(C)C)OCC(C)O2. The highest BCUT2D eigenvalue weighted by atomic mass is 16.7. The summed E-state index contributed by atoms with van der Waals surface area (Å²) in [4.78, 5) is 0. The van der Waals surface area contributed by atoms with Crippen LogP contribution in [0, 0.1) is 5.41 Å². The molecule has 19 heavy (non-hydrogen) atoms. The van der Waals surface area contributed by atoms with Crippen LogP contribution in [0.5, 0.6) is 0 Å². The summed E-state index contributed by atoms with van der Waals surface area (Å²) in [6.45, 7) is 11.1. The maximum Gasteiger partial charge on any atom is 0.189 e.